The molecule has 0 radical (unpaired) electrons. The molecular weight excluding hydrogens is 447 g/mol. The van der Waals surface area contributed by atoms with Gasteiger partial charge in [0.15, 0.2) is 5.69 Å². The molecule has 176 valence electrons. The maximum atomic E-state index is 13.5. The van der Waals surface area contributed by atoms with Crippen LogP contribution in [0.1, 0.15) is 36.9 Å². The van der Waals surface area contributed by atoms with Crippen molar-refractivity contribution < 1.29 is 22.7 Å². The minimum Gasteiger partial charge on any atom is -0.489 e. The summed E-state index contributed by atoms with van der Waals surface area (Å²) in [7, 11) is 0. The molecule has 1 aromatic carbocycles. The average molecular weight is 469 g/mol. The second kappa shape index (κ2) is 8.02. The number of aromatic nitrogens is 1. The zero-order chi connectivity index (χ0) is 24.1. The number of benzene rings is 1. The Kier molecular flexibility index (Phi) is 5.24. The van der Waals surface area contributed by atoms with Crippen LogP contribution in [-0.2, 0) is 11.0 Å². The van der Waals surface area contributed by atoms with Crippen LogP contribution in [0.4, 0.5) is 24.5 Å². The molecule has 1 aliphatic carbocycles. The summed E-state index contributed by atoms with van der Waals surface area (Å²) in [6.07, 6.45) is -0.703. The third-order valence-electron chi connectivity index (χ3n) is 6.68. The predicted octanol–water partition coefficient (Wildman–Crippen LogP) is 3.96. The quantitative estimate of drug-likeness (QED) is 0.730. The lowest BCUT2D eigenvalue weighted by Crippen LogP contribution is -2.54. The summed E-state index contributed by atoms with van der Waals surface area (Å²) in [5, 5.41) is 12.3. The minimum atomic E-state index is -4.78. The highest BCUT2D eigenvalue weighted by atomic mass is 19.4. The fourth-order valence-corrected chi connectivity index (χ4v) is 4.86. The highest BCUT2D eigenvalue weighted by molar-refractivity contribution is 6.10. The van der Waals surface area contributed by atoms with Gasteiger partial charge < -0.3 is 15.0 Å². The van der Waals surface area contributed by atoms with Crippen LogP contribution >= 0.6 is 0 Å². The van der Waals surface area contributed by atoms with Crippen LogP contribution in [0.3, 0.4) is 0 Å². The molecule has 0 bridgehead atoms. The highest BCUT2D eigenvalue weighted by Crippen LogP contribution is 2.50. The third-order valence-corrected chi connectivity index (χ3v) is 6.68. The number of halogens is 3. The smallest absolute Gasteiger partial charge is 0.419 e. The number of nitrogens with one attached hydrogen (secondary N) is 1. The standard InChI is InChI=1S/C24H22F3N5O2/c1-15-31(17-11-20(24(25,26)27)21(12-28)30-13-17)22(33)23(8-2-9-23)32(15)16-3-5-18(6-4-16)34-19-7-10-29-14-19/h3-6,11,13,19,29H,1-2,7-10,14H2/t19-/m1/s1. The first-order valence-electron chi connectivity index (χ1n) is 11.0. The van der Waals surface area contributed by atoms with Crippen LogP contribution in [0.5, 0.6) is 5.75 Å². The number of ether oxygens (including phenoxy) is 1. The van der Waals surface area contributed by atoms with E-state index in [0.29, 0.717) is 24.3 Å². The van der Waals surface area contributed by atoms with Gasteiger partial charge in [-0.15, -0.1) is 0 Å². The van der Waals surface area contributed by atoms with Crippen molar-refractivity contribution in [1.29, 1.82) is 5.26 Å². The van der Waals surface area contributed by atoms with Gasteiger partial charge in [0.1, 0.15) is 29.3 Å². The highest BCUT2D eigenvalue weighted by Gasteiger charge is 2.59. The molecular formula is C24H22F3N5O2. The van der Waals surface area contributed by atoms with E-state index in [0.717, 1.165) is 38.2 Å². The second-order valence-electron chi connectivity index (χ2n) is 8.70. The Morgan fingerprint density at radius 3 is 2.53 bits per heavy atom. The number of hydrogen-bond donors (Lipinski definition) is 1. The average Bonchev–Trinajstić information content (AvgIpc) is 3.37. The second-order valence-corrected chi connectivity index (χ2v) is 8.70. The van der Waals surface area contributed by atoms with Crippen molar-refractivity contribution in [2.75, 3.05) is 22.9 Å². The van der Waals surface area contributed by atoms with E-state index in [2.05, 4.69) is 16.9 Å². The van der Waals surface area contributed by atoms with Gasteiger partial charge in [-0.2, -0.15) is 18.4 Å². The van der Waals surface area contributed by atoms with Crippen molar-refractivity contribution in [2.45, 2.75) is 43.5 Å². The fourth-order valence-electron chi connectivity index (χ4n) is 4.86. The van der Waals surface area contributed by atoms with E-state index in [1.54, 1.807) is 4.90 Å². The van der Waals surface area contributed by atoms with E-state index in [-0.39, 0.29) is 23.5 Å². The molecule has 34 heavy (non-hydrogen) atoms. The molecule has 2 aromatic rings. The van der Waals surface area contributed by atoms with Crippen molar-refractivity contribution in [2.24, 2.45) is 0 Å². The van der Waals surface area contributed by atoms with E-state index in [1.807, 2.05) is 24.3 Å². The normalized spacial score (nSPS) is 21.6. The molecule has 5 rings (SSSR count). The van der Waals surface area contributed by atoms with Gasteiger partial charge in [-0.25, -0.2) is 4.98 Å². The number of amides is 1. The first-order chi connectivity index (χ1) is 16.2. The van der Waals surface area contributed by atoms with E-state index >= 15 is 0 Å². The molecule has 0 unspecified atom stereocenters. The van der Waals surface area contributed by atoms with Crippen molar-refractivity contribution in [3.63, 3.8) is 0 Å². The lowest BCUT2D eigenvalue weighted by Gasteiger charge is -2.43. The summed E-state index contributed by atoms with van der Waals surface area (Å²) in [4.78, 5) is 20.2. The van der Waals surface area contributed by atoms with Crippen LogP contribution in [0, 0.1) is 11.3 Å². The molecule has 3 fully saturated rings. The zero-order valence-electron chi connectivity index (χ0n) is 18.2. The number of nitrogens with zero attached hydrogens (tertiary/aromatic N) is 4. The topological polar surface area (TPSA) is 81.5 Å². The molecule has 3 heterocycles. The third kappa shape index (κ3) is 3.47. The number of hydrogen-bond acceptors (Lipinski definition) is 6. The van der Waals surface area contributed by atoms with E-state index in [1.165, 1.54) is 11.0 Å². The van der Waals surface area contributed by atoms with Gasteiger partial charge in [0, 0.05) is 12.2 Å². The molecule has 1 N–H and O–H groups in total. The maximum Gasteiger partial charge on any atom is 0.419 e. The van der Waals surface area contributed by atoms with E-state index < -0.39 is 23.0 Å². The summed E-state index contributed by atoms with van der Waals surface area (Å²) < 4.78 is 46.5. The van der Waals surface area contributed by atoms with Crippen LogP contribution in [0.2, 0.25) is 0 Å². The van der Waals surface area contributed by atoms with Gasteiger partial charge in [0.05, 0.1) is 17.4 Å². The summed E-state index contributed by atoms with van der Waals surface area (Å²) in [6.45, 7) is 5.76. The summed E-state index contributed by atoms with van der Waals surface area (Å²) in [5.74, 6) is 0.609. The van der Waals surface area contributed by atoms with Crippen LogP contribution < -0.4 is 19.9 Å². The Balaban J connectivity index is 1.48. The lowest BCUT2D eigenvalue weighted by molar-refractivity contribution is -0.138. The molecule has 1 spiro atoms. The monoisotopic (exact) mass is 469 g/mol. The number of nitriles is 1. The number of anilines is 2. The SMILES string of the molecule is C=C1N(c2cnc(C#N)c(C(F)(F)F)c2)C(=O)C2(CCC2)N1c1ccc(O[C@@H]2CCNC2)cc1. The summed E-state index contributed by atoms with van der Waals surface area (Å²) in [5.41, 5.74) is -2.19. The van der Waals surface area contributed by atoms with Crippen molar-refractivity contribution in [3.8, 4) is 11.8 Å². The van der Waals surface area contributed by atoms with Crippen LogP contribution in [0.15, 0.2) is 48.9 Å². The number of rotatable bonds is 4. The summed E-state index contributed by atoms with van der Waals surface area (Å²) in [6, 6.07) is 9.56. The molecule has 2 aliphatic heterocycles. The first kappa shape index (κ1) is 22.2. The molecule has 3 aliphatic rings. The molecule has 7 nitrogen and oxygen atoms in total. The van der Waals surface area contributed by atoms with E-state index in [9.17, 15) is 18.0 Å². The number of carbonyl (C=O) groups is 1. The molecule has 10 heteroatoms. The maximum absolute atomic E-state index is 13.5. The Morgan fingerprint density at radius 2 is 1.97 bits per heavy atom. The Morgan fingerprint density at radius 1 is 1.24 bits per heavy atom. The molecule has 1 atom stereocenters. The Hall–Kier alpha value is -3.58. The lowest BCUT2D eigenvalue weighted by atomic mass is 9.75. The minimum absolute atomic E-state index is 0.0659. The van der Waals surface area contributed by atoms with Crippen LogP contribution in [0.25, 0.3) is 0 Å². The zero-order valence-corrected chi connectivity index (χ0v) is 18.2. The largest absolute Gasteiger partial charge is 0.489 e. The van der Waals surface area contributed by atoms with Gasteiger partial charge in [0.25, 0.3) is 5.91 Å². The Labute approximate surface area is 194 Å². The van der Waals surface area contributed by atoms with Crippen molar-refractivity contribution in [1.82, 2.24) is 10.3 Å². The molecule has 2 saturated heterocycles. The van der Waals surface area contributed by atoms with Gasteiger partial charge in [0.2, 0.25) is 0 Å². The predicted molar refractivity (Wildman–Crippen MR) is 118 cm³/mol. The van der Waals surface area contributed by atoms with Crippen molar-refractivity contribution >= 4 is 17.3 Å². The molecule has 1 aromatic heterocycles. The number of pyridine rings is 1. The van der Waals surface area contributed by atoms with Gasteiger partial charge in [-0.05, 0) is 62.6 Å². The number of alkyl halides is 3. The van der Waals surface area contributed by atoms with Crippen molar-refractivity contribution in [3.05, 3.63) is 60.2 Å². The van der Waals surface area contributed by atoms with Gasteiger partial charge in [-0.3, -0.25) is 9.69 Å². The Bertz CT molecular complexity index is 1180. The fraction of sp³-hybridized carbons (Fsp3) is 0.375. The van der Waals surface area contributed by atoms with E-state index in [4.69, 9.17) is 10.00 Å². The summed E-state index contributed by atoms with van der Waals surface area (Å²) >= 11 is 0. The number of carbonyl (C=O) groups excluding carboxylic acids is 1. The first-order valence-corrected chi connectivity index (χ1v) is 11.0. The van der Waals surface area contributed by atoms with Crippen LogP contribution in [-0.4, -0.2) is 35.6 Å². The molecule has 1 amide bonds. The van der Waals surface area contributed by atoms with Gasteiger partial charge in [-0.1, -0.05) is 6.58 Å². The van der Waals surface area contributed by atoms with Gasteiger partial charge >= 0.3 is 6.18 Å². The molecule has 1 saturated carbocycles.